The number of benzene rings is 3. The van der Waals surface area contributed by atoms with E-state index in [4.69, 9.17) is 5.10 Å². The van der Waals surface area contributed by atoms with Crippen LogP contribution >= 0.6 is 0 Å². The number of hydrogen-bond acceptors (Lipinski definition) is 4. The van der Waals surface area contributed by atoms with Gasteiger partial charge in [-0.1, -0.05) is 71.8 Å². The normalized spacial score (nSPS) is 18.8. The minimum atomic E-state index is -0.0679. The van der Waals surface area contributed by atoms with Gasteiger partial charge in [-0.15, -0.1) is 0 Å². The Hall–Kier alpha value is -3.28. The Labute approximate surface area is 221 Å². The highest BCUT2D eigenvalue weighted by molar-refractivity contribution is 6.04. The number of amides is 1. The van der Waals surface area contributed by atoms with E-state index in [9.17, 15) is 4.79 Å². The molecule has 0 unspecified atom stereocenters. The average Bonchev–Trinajstić information content (AvgIpc) is 3.34. The predicted molar refractivity (Wildman–Crippen MR) is 151 cm³/mol. The minimum absolute atomic E-state index is 0.0679. The van der Waals surface area contributed by atoms with Gasteiger partial charge in [0.2, 0.25) is 0 Å². The molecule has 0 spiro atoms. The molecule has 2 aliphatic heterocycles. The van der Waals surface area contributed by atoms with Crippen LogP contribution < -0.4 is 0 Å². The number of carbonyl (C=O) groups is 1. The van der Waals surface area contributed by atoms with Gasteiger partial charge in [0, 0.05) is 44.7 Å². The summed E-state index contributed by atoms with van der Waals surface area (Å²) in [6.07, 6.45) is 0.741. The fourth-order valence-electron chi connectivity index (χ4n) is 5.52. The maximum atomic E-state index is 13.8. The topological polar surface area (TPSA) is 39.2 Å². The standard InChI is InChI=1S/C32H38N4O/c1-23-10-12-25(3)28(18-23)30-20-31(29-19-24(2)11-13-26(29)4)36(33-30)32(37)22-35-16-14-34(15-17-35)21-27-8-6-5-7-9-27/h5-13,18-19,31H,14-17,20-22H2,1-4H3/t31-/m1/s1. The third-order valence-electron chi connectivity index (χ3n) is 7.74. The Balaban J connectivity index is 1.32. The molecule has 5 nitrogen and oxygen atoms in total. The van der Waals surface area contributed by atoms with E-state index in [1.54, 1.807) is 5.01 Å². The molecule has 0 bridgehead atoms. The number of piperazine rings is 1. The average molecular weight is 495 g/mol. The Bertz CT molecular complexity index is 1290. The zero-order valence-electron chi connectivity index (χ0n) is 22.6. The van der Waals surface area contributed by atoms with Gasteiger partial charge in [0.15, 0.2) is 0 Å². The van der Waals surface area contributed by atoms with Gasteiger partial charge in [-0.3, -0.25) is 14.6 Å². The first-order chi connectivity index (χ1) is 17.9. The van der Waals surface area contributed by atoms with Crippen molar-refractivity contribution in [3.05, 3.63) is 106 Å². The summed E-state index contributed by atoms with van der Waals surface area (Å²) in [4.78, 5) is 18.5. The van der Waals surface area contributed by atoms with Crippen LogP contribution in [-0.4, -0.2) is 59.2 Å². The molecule has 5 heteroatoms. The number of aryl methyl sites for hydroxylation is 4. The first-order valence-electron chi connectivity index (χ1n) is 13.4. The highest BCUT2D eigenvalue weighted by atomic mass is 16.2. The molecule has 0 aromatic heterocycles. The van der Waals surface area contributed by atoms with Crippen molar-refractivity contribution < 1.29 is 4.79 Å². The summed E-state index contributed by atoms with van der Waals surface area (Å²) in [6.45, 7) is 13.6. The summed E-state index contributed by atoms with van der Waals surface area (Å²) in [5, 5.41) is 6.78. The van der Waals surface area contributed by atoms with E-state index in [1.807, 2.05) is 0 Å². The van der Waals surface area contributed by atoms with Crippen molar-refractivity contribution in [1.29, 1.82) is 0 Å². The molecule has 3 aromatic rings. The van der Waals surface area contributed by atoms with Crippen molar-refractivity contribution in [1.82, 2.24) is 14.8 Å². The van der Waals surface area contributed by atoms with E-state index in [0.717, 1.165) is 50.4 Å². The Morgan fingerprint density at radius 2 is 1.46 bits per heavy atom. The highest BCUT2D eigenvalue weighted by Gasteiger charge is 2.35. The Morgan fingerprint density at radius 1 is 0.811 bits per heavy atom. The molecule has 0 N–H and O–H groups in total. The van der Waals surface area contributed by atoms with E-state index in [0.29, 0.717) is 6.54 Å². The van der Waals surface area contributed by atoms with Crippen LogP contribution in [0.5, 0.6) is 0 Å². The van der Waals surface area contributed by atoms with Gasteiger partial charge < -0.3 is 0 Å². The summed E-state index contributed by atoms with van der Waals surface area (Å²) in [6, 6.07) is 23.6. The van der Waals surface area contributed by atoms with E-state index < -0.39 is 0 Å². The first-order valence-corrected chi connectivity index (χ1v) is 13.4. The summed E-state index contributed by atoms with van der Waals surface area (Å²) in [5.41, 5.74) is 9.54. The lowest BCUT2D eigenvalue weighted by Gasteiger charge is -2.35. The molecule has 37 heavy (non-hydrogen) atoms. The zero-order chi connectivity index (χ0) is 25.9. The second kappa shape index (κ2) is 11.0. The predicted octanol–water partition coefficient (Wildman–Crippen LogP) is 5.42. The van der Waals surface area contributed by atoms with Gasteiger partial charge in [0.1, 0.15) is 0 Å². The van der Waals surface area contributed by atoms with Crippen molar-refractivity contribution in [2.24, 2.45) is 5.10 Å². The molecule has 1 atom stereocenters. The van der Waals surface area contributed by atoms with Crippen molar-refractivity contribution in [3.8, 4) is 0 Å². The van der Waals surface area contributed by atoms with Crippen LogP contribution in [-0.2, 0) is 11.3 Å². The fraction of sp³-hybridized carbons (Fsp3) is 0.375. The van der Waals surface area contributed by atoms with Crippen LogP contribution in [0.25, 0.3) is 0 Å². The second-order valence-electron chi connectivity index (χ2n) is 10.7. The summed E-state index contributed by atoms with van der Waals surface area (Å²) in [5.74, 6) is 0.0859. The van der Waals surface area contributed by atoms with Gasteiger partial charge >= 0.3 is 0 Å². The third-order valence-corrected chi connectivity index (χ3v) is 7.74. The lowest BCUT2D eigenvalue weighted by Crippen LogP contribution is -2.49. The van der Waals surface area contributed by atoms with E-state index in [-0.39, 0.29) is 11.9 Å². The maximum absolute atomic E-state index is 13.8. The monoisotopic (exact) mass is 494 g/mol. The molecular weight excluding hydrogens is 456 g/mol. The van der Waals surface area contributed by atoms with Gasteiger partial charge in [0.05, 0.1) is 18.3 Å². The van der Waals surface area contributed by atoms with E-state index in [1.165, 1.54) is 33.4 Å². The van der Waals surface area contributed by atoms with Crippen molar-refractivity contribution in [2.75, 3.05) is 32.7 Å². The van der Waals surface area contributed by atoms with Crippen molar-refractivity contribution in [3.63, 3.8) is 0 Å². The smallest absolute Gasteiger partial charge is 0.257 e. The second-order valence-corrected chi connectivity index (χ2v) is 10.7. The summed E-state index contributed by atoms with van der Waals surface area (Å²) in [7, 11) is 0. The van der Waals surface area contributed by atoms with Crippen molar-refractivity contribution in [2.45, 2.75) is 46.7 Å². The van der Waals surface area contributed by atoms with Crippen LogP contribution in [0.2, 0.25) is 0 Å². The number of carbonyl (C=O) groups excluding carboxylic acids is 1. The summed E-state index contributed by atoms with van der Waals surface area (Å²) < 4.78 is 0. The summed E-state index contributed by atoms with van der Waals surface area (Å²) >= 11 is 0. The zero-order valence-corrected chi connectivity index (χ0v) is 22.6. The molecule has 1 amide bonds. The minimum Gasteiger partial charge on any atom is -0.297 e. The number of hydrogen-bond donors (Lipinski definition) is 0. The first kappa shape index (κ1) is 25.4. The number of rotatable bonds is 6. The van der Waals surface area contributed by atoms with E-state index >= 15 is 0 Å². The molecular formula is C32H38N4O. The largest absolute Gasteiger partial charge is 0.297 e. The van der Waals surface area contributed by atoms with Crippen LogP contribution in [0.1, 0.15) is 51.4 Å². The quantitative estimate of drug-likeness (QED) is 0.460. The highest BCUT2D eigenvalue weighted by Crippen LogP contribution is 2.36. The number of hydrazone groups is 1. The molecule has 1 fully saturated rings. The number of nitrogens with zero attached hydrogens (tertiary/aromatic N) is 4. The molecule has 3 aromatic carbocycles. The molecule has 0 saturated carbocycles. The third kappa shape index (κ3) is 5.84. The van der Waals surface area contributed by atoms with E-state index in [2.05, 4.69) is 104 Å². The lowest BCUT2D eigenvalue weighted by molar-refractivity contribution is -0.134. The SMILES string of the molecule is Cc1ccc(C)c(C2=NN(C(=O)CN3CCN(Cc4ccccc4)CC3)[C@@H](c3cc(C)ccc3C)C2)c1. The maximum Gasteiger partial charge on any atom is 0.257 e. The lowest BCUT2D eigenvalue weighted by atomic mass is 9.92. The Kier molecular flexibility index (Phi) is 7.54. The van der Waals surface area contributed by atoms with Gasteiger partial charge in [-0.05, 0) is 56.0 Å². The van der Waals surface area contributed by atoms with Crippen LogP contribution in [0.15, 0.2) is 71.8 Å². The molecule has 5 rings (SSSR count). The van der Waals surface area contributed by atoms with Crippen molar-refractivity contribution >= 4 is 11.6 Å². The molecule has 192 valence electrons. The van der Waals surface area contributed by atoms with Crippen LogP contribution in [0.4, 0.5) is 0 Å². The molecule has 0 radical (unpaired) electrons. The van der Waals surface area contributed by atoms with Crippen LogP contribution in [0, 0.1) is 27.7 Å². The van der Waals surface area contributed by atoms with Gasteiger partial charge in [-0.25, -0.2) is 5.01 Å². The van der Waals surface area contributed by atoms with Crippen LogP contribution in [0.3, 0.4) is 0 Å². The van der Waals surface area contributed by atoms with Gasteiger partial charge in [0.25, 0.3) is 5.91 Å². The van der Waals surface area contributed by atoms with Gasteiger partial charge in [-0.2, -0.15) is 5.10 Å². The molecule has 2 heterocycles. The fourth-order valence-corrected chi connectivity index (χ4v) is 5.52. The Morgan fingerprint density at radius 3 is 2.19 bits per heavy atom. The molecule has 2 aliphatic rings. The molecule has 1 saturated heterocycles. The molecule has 0 aliphatic carbocycles.